The fourth-order valence-electron chi connectivity index (χ4n) is 2.26. The van der Waals surface area contributed by atoms with Crippen LogP contribution in [0.5, 0.6) is 0 Å². The van der Waals surface area contributed by atoms with Crippen molar-refractivity contribution in [2.75, 3.05) is 20.6 Å². The lowest BCUT2D eigenvalue weighted by atomic mass is 9.85. The second-order valence-electron chi connectivity index (χ2n) is 6.18. The van der Waals surface area contributed by atoms with Gasteiger partial charge in [-0.1, -0.05) is 33.6 Å². The molecule has 0 radical (unpaired) electrons. The van der Waals surface area contributed by atoms with Gasteiger partial charge in [-0.05, 0) is 53.2 Å². The van der Waals surface area contributed by atoms with Gasteiger partial charge in [0.25, 0.3) is 0 Å². The van der Waals surface area contributed by atoms with Crippen molar-refractivity contribution in [3.63, 3.8) is 0 Å². The van der Waals surface area contributed by atoms with E-state index in [4.69, 9.17) is 0 Å². The van der Waals surface area contributed by atoms with Gasteiger partial charge in [-0.25, -0.2) is 0 Å². The van der Waals surface area contributed by atoms with Crippen molar-refractivity contribution >= 4 is 0 Å². The maximum Gasteiger partial charge on any atom is 0.0300 e. The Kier molecular flexibility index (Phi) is 8.06. The van der Waals surface area contributed by atoms with E-state index in [1.54, 1.807) is 0 Å². The van der Waals surface area contributed by atoms with Gasteiger partial charge < -0.3 is 10.2 Å². The van der Waals surface area contributed by atoms with Crippen LogP contribution in [0, 0.1) is 5.92 Å². The molecule has 2 unspecified atom stereocenters. The number of rotatable bonds is 9. The topological polar surface area (TPSA) is 15.3 Å². The Bertz CT molecular complexity index is 187. The zero-order chi connectivity index (χ0) is 13.5. The van der Waals surface area contributed by atoms with E-state index in [0.29, 0.717) is 6.04 Å². The first kappa shape index (κ1) is 16.9. The van der Waals surface area contributed by atoms with E-state index in [1.807, 2.05) is 0 Å². The molecule has 0 aliphatic heterocycles. The summed E-state index contributed by atoms with van der Waals surface area (Å²) in [5, 5.41) is 3.74. The van der Waals surface area contributed by atoms with Gasteiger partial charge in [0, 0.05) is 11.6 Å². The second kappa shape index (κ2) is 8.10. The van der Waals surface area contributed by atoms with Crippen molar-refractivity contribution in [1.82, 2.24) is 10.2 Å². The van der Waals surface area contributed by atoms with E-state index in [2.05, 4.69) is 58.9 Å². The minimum absolute atomic E-state index is 0.219. The first-order chi connectivity index (χ1) is 7.86. The van der Waals surface area contributed by atoms with Gasteiger partial charge in [0.2, 0.25) is 0 Å². The molecule has 17 heavy (non-hydrogen) atoms. The van der Waals surface area contributed by atoms with Crippen molar-refractivity contribution in [3.8, 4) is 0 Å². The molecular weight excluding hydrogens is 208 g/mol. The molecule has 0 aliphatic rings. The smallest absolute Gasteiger partial charge is 0.0300 e. The van der Waals surface area contributed by atoms with Gasteiger partial charge in [0.05, 0.1) is 0 Å². The molecule has 0 aromatic carbocycles. The molecule has 2 heteroatoms. The largest absolute Gasteiger partial charge is 0.312 e. The molecule has 0 rings (SSSR count). The predicted octanol–water partition coefficient (Wildman–Crippen LogP) is 3.52. The van der Waals surface area contributed by atoms with Gasteiger partial charge in [-0.2, -0.15) is 0 Å². The lowest BCUT2D eigenvalue weighted by Gasteiger charge is -2.42. The number of nitrogens with zero attached hydrogens (tertiary/aromatic N) is 1. The molecule has 1 N–H and O–H groups in total. The third-order valence-electron chi connectivity index (χ3n) is 4.07. The summed E-state index contributed by atoms with van der Waals surface area (Å²) >= 11 is 0. The zero-order valence-corrected chi connectivity index (χ0v) is 13.1. The molecular formula is C15H34N2. The van der Waals surface area contributed by atoms with E-state index >= 15 is 0 Å². The predicted molar refractivity (Wildman–Crippen MR) is 78.5 cm³/mol. The summed E-state index contributed by atoms with van der Waals surface area (Å²) < 4.78 is 0. The average molecular weight is 242 g/mol. The summed E-state index contributed by atoms with van der Waals surface area (Å²) in [6, 6.07) is 0.582. The Balaban J connectivity index is 4.51. The van der Waals surface area contributed by atoms with Crippen molar-refractivity contribution < 1.29 is 0 Å². The highest BCUT2D eigenvalue weighted by atomic mass is 15.2. The Hall–Kier alpha value is -0.0800. The highest BCUT2D eigenvalue weighted by Gasteiger charge is 2.31. The SMILES string of the molecule is CCCNC(CC(C)CCC)C(C)(C)N(C)C. The number of likely N-dealkylation sites (N-methyl/N-ethyl adjacent to an activating group) is 1. The molecule has 104 valence electrons. The summed E-state index contributed by atoms with van der Waals surface area (Å²) in [4.78, 5) is 2.35. The van der Waals surface area contributed by atoms with Gasteiger partial charge in [-0.3, -0.25) is 0 Å². The Morgan fingerprint density at radius 2 is 1.71 bits per heavy atom. The third-order valence-corrected chi connectivity index (χ3v) is 4.07. The van der Waals surface area contributed by atoms with Crippen molar-refractivity contribution in [3.05, 3.63) is 0 Å². The van der Waals surface area contributed by atoms with Crippen molar-refractivity contribution in [2.45, 2.75) is 71.9 Å². The minimum atomic E-state index is 0.219. The lowest BCUT2D eigenvalue weighted by molar-refractivity contribution is 0.121. The summed E-state index contributed by atoms with van der Waals surface area (Å²) in [6.07, 6.45) is 5.12. The van der Waals surface area contributed by atoms with Crippen LogP contribution < -0.4 is 5.32 Å². The highest BCUT2D eigenvalue weighted by Crippen LogP contribution is 2.23. The van der Waals surface area contributed by atoms with E-state index < -0.39 is 0 Å². The zero-order valence-electron chi connectivity index (χ0n) is 13.1. The number of hydrogen-bond acceptors (Lipinski definition) is 2. The van der Waals surface area contributed by atoms with Crippen LogP contribution in [0.1, 0.15) is 60.3 Å². The van der Waals surface area contributed by atoms with Crippen LogP contribution in [0.25, 0.3) is 0 Å². The van der Waals surface area contributed by atoms with Crippen LogP contribution in [0.3, 0.4) is 0 Å². The van der Waals surface area contributed by atoms with E-state index in [-0.39, 0.29) is 5.54 Å². The van der Waals surface area contributed by atoms with E-state index in [1.165, 1.54) is 25.7 Å². The molecule has 0 fully saturated rings. The molecule has 2 atom stereocenters. The fraction of sp³-hybridized carbons (Fsp3) is 1.00. The molecule has 0 amide bonds. The van der Waals surface area contributed by atoms with Crippen LogP contribution in [0.4, 0.5) is 0 Å². The first-order valence-corrected chi connectivity index (χ1v) is 7.27. The van der Waals surface area contributed by atoms with E-state index in [0.717, 1.165) is 12.5 Å². The molecule has 0 heterocycles. The molecule has 0 aliphatic carbocycles. The van der Waals surface area contributed by atoms with Crippen LogP contribution >= 0.6 is 0 Å². The summed E-state index contributed by atoms with van der Waals surface area (Å²) in [7, 11) is 4.37. The molecule has 0 aromatic heterocycles. The van der Waals surface area contributed by atoms with Crippen LogP contribution in [-0.4, -0.2) is 37.1 Å². The number of hydrogen-bond donors (Lipinski definition) is 1. The van der Waals surface area contributed by atoms with Crippen LogP contribution in [0.2, 0.25) is 0 Å². The summed E-state index contributed by atoms with van der Waals surface area (Å²) in [5.41, 5.74) is 0.219. The third kappa shape index (κ3) is 5.87. The monoisotopic (exact) mass is 242 g/mol. The lowest BCUT2D eigenvalue weighted by Crippen LogP contribution is -2.55. The second-order valence-corrected chi connectivity index (χ2v) is 6.18. The van der Waals surface area contributed by atoms with Crippen molar-refractivity contribution in [2.24, 2.45) is 5.92 Å². The Morgan fingerprint density at radius 1 is 1.12 bits per heavy atom. The fourth-order valence-corrected chi connectivity index (χ4v) is 2.26. The van der Waals surface area contributed by atoms with Gasteiger partial charge in [-0.15, -0.1) is 0 Å². The maximum atomic E-state index is 3.74. The van der Waals surface area contributed by atoms with Gasteiger partial charge in [0.1, 0.15) is 0 Å². The van der Waals surface area contributed by atoms with Gasteiger partial charge >= 0.3 is 0 Å². The molecule has 0 bridgehead atoms. The van der Waals surface area contributed by atoms with Crippen LogP contribution in [0.15, 0.2) is 0 Å². The first-order valence-electron chi connectivity index (χ1n) is 7.27. The Labute approximate surface area is 109 Å². The molecule has 0 aromatic rings. The molecule has 0 saturated heterocycles. The minimum Gasteiger partial charge on any atom is -0.312 e. The van der Waals surface area contributed by atoms with E-state index in [9.17, 15) is 0 Å². The average Bonchev–Trinajstić information content (AvgIpc) is 2.24. The van der Waals surface area contributed by atoms with Crippen LogP contribution in [-0.2, 0) is 0 Å². The normalized spacial score (nSPS) is 16.2. The molecule has 2 nitrogen and oxygen atoms in total. The summed E-state index contributed by atoms with van der Waals surface area (Å²) in [5.74, 6) is 0.814. The quantitative estimate of drug-likeness (QED) is 0.665. The summed E-state index contributed by atoms with van der Waals surface area (Å²) in [6.45, 7) is 12.7. The molecule has 0 saturated carbocycles. The maximum absolute atomic E-state index is 3.74. The van der Waals surface area contributed by atoms with Crippen molar-refractivity contribution in [1.29, 1.82) is 0 Å². The number of nitrogens with one attached hydrogen (secondary N) is 1. The molecule has 0 spiro atoms. The van der Waals surface area contributed by atoms with Gasteiger partial charge in [0.15, 0.2) is 0 Å². The Morgan fingerprint density at radius 3 is 2.12 bits per heavy atom. The standard InChI is InChI=1S/C15H34N2/c1-8-10-13(3)12-14(16-11-9-2)15(4,5)17(6)7/h13-14,16H,8-12H2,1-7H3. The highest BCUT2D eigenvalue weighted by molar-refractivity contribution is 4.92.